The third-order valence-electron chi connectivity index (χ3n) is 3.48. The molecule has 1 aliphatic rings. The fraction of sp³-hybridized carbons (Fsp3) is 0.500. The molecule has 0 heterocycles. The van der Waals surface area contributed by atoms with Crippen molar-refractivity contribution in [3.8, 4) is 0 Å². The lowest BCUT2D eigenvalue weighted by Gasteiger charge is -2.28. The fourth-order valence-electron chi connectivity index (χ4n) is 2.35. The van der Waals surface area contributed by atoms with E-state index in [4.69, 9.17) is 0 Å². The van der Waals surface area contributed by atoms with Crippen molar-refractivity contribution >= 4 is 28.5 Å². The number of aryl methyl sites for hydroxylation is 1. The van der Waals surface area contributed by atoms with Crippen LogP contribution in [0.1, 0.15) is 41.6 Å². The van der Waals surface area contributed by atoms with Gasteiger partial charge in [-0.3, -0.25) is 4.79 Å². The van der Waals surface area contributed by atoms with Gasteiger partial charge in [-0.25, -0.2) is 0 Å². The second kappa shape index (κ2) is 6.02. The minimum absolute atomic E-state index is 0.0750. The van der Waals surface area contributed by atoms with E-state index in [-0.39, 0.29) is 11.9 Å². The van der Waals surface area contributed by atoms with Crippen LogP contribution >= 0.6 is 22.6 Å². The number of benzene rings is 1. The van der Waals surface area contributed by atoms with Crippen LogP contribution in [0.4, 0.5) is 0 Å². The summed E-state index contributed by atoms with van der Waals surface area (Å²) < 4.78 is 0.984. The third kappa shape index (κ3) is 3.03. The standard InChI is InChI=1S/C14H18INO2/c1-9-5-4-6-10(13(9)15)14(18)16-11-7-2-3-8-12(11)17/h4-6,11-12,17H,2-3,7-8H2,1H3,(H,16,18)/t11-,12-/m0/s1. The summed E-state index contributed by atoms with van der Waals surface area (Å²) in [4.78, 5) is 12.2. The maximum atomic E-state index is 12.2. The van der Waals surface area contributed by atoms with Crippen molar-refractivity contribution in [1.82, 2.24) is 5.32 Å². The minimum atomic E-state index is -0.398. The molecule has 0 spiro atoms. The Kier molecular flexibility index (Phi) is 4.61. The van der Waals surface area contributed by atoms with Crippen LogP contribution in [0.25, 0.3) is 0 Å². The highest BCUT2D eigenvalue weighted by Gasteiger charge is 2.25. The van der Waals surface area contributed by atoms with Crippen LogP contribution in [-0.2, 0) is 0 Å². The molecule has 1 fully saturated rings. The van der Waals surface area contributed by atoms with Crippen LogP contribution in [-0.4, -0.2) is 23.2 Å². The van der Waals surface area contributed by atoms with Gasteiger partial charge < -0.3 is 10.4 Å². The Morgan fingerprint density at radius 3 is 2.83 bits per heavy atom. The molecule has 1 aromatic carbocycles. The van der Waals surface area contributed by atoms with Gasteiger partial charge in [-0.15, -0.1) is 0 Å². The zero-order valence-electron chi connectivity index (χ0n) is 10.4. The highest BCUT2D eigenvalue weighted by Crippen LogP contribution is 2.20. The molecule has 2 rings (SSSR count). The molecule has 0 saturated heterocycles. The molecule has 0 aliphatic heterocycles. The van der Waals surface area contributed by atoms with E-state index in [1.54, 1.807) is 0 Å². The van der Waals surface area contributed by atoms with Crippen molar-refractivity contribution in [3.63, 3.8) is 0 Å². The summed E-state index contributed by atoms with van der Waals surface area (Å²) >= 11 is 2.20. The number of carbonyl (C=O) groups excluding carboxylic acids is 1. The number of amides is 1. The quantitative estimate of drug-likeness (QED) is 0.798. The van der Waals surface area contributed by atoms with E-state index >= 15 is 0 Å². The minimum Gasteiger partial charge on any atom is -0.391 e. The van der Waals surface area contributed by atoms with Gasteiger partial charge in [0.2, 0.25) is 0 Å². The van der Waals surface area contributed by atoms with E-state index in [0.29, 0.717) is 5.56 Å². The number of nitrogens with one attached hydrogen (secondary N) is 1. The van der Waals surface area contributed by atoms with Gasteiger partial charge in [0.1, 0.15) is 0 Å². The van der Waals surface area contributed by atoms with Gasteiger partial charge in [-0.1, -0.05) is 25.0 Å². The SMILES string of the molecule is Cc1cccc(C(=O)N[C@H]2CCCC[C@@H]2O)c1I. The topological polar surface area (TPSA) is 49.3 Å². The molecule has 98 valence electrons. The predicted molar refractivity (Wildman–Crippen MR) is 79.6 cm³/mol. The number of aliphatic hydroxyl groups excluding tert-OH is 1. The first-order chi connectivity index (χ1) is 8.59. The molecule has 0 radical (unpaired) electrons. The lowest BCUT2D eigenvalue weighted by atomic mass is 9.92. The number of hydrogen-bond donors (Lipinski definition) is 2. The first kappa shape index (κ1) is 13.8. The third-order valence-corrected chi connectivity index (χ3v) is 4.91. The summed E-state index contributed by atoms with van der Waals surface area (Å²) in [5.74, 6) is -0.0750. The Labute approximate surface area is 121 Å². The largest absolute Gasteiger partial charge is 0.391 e. The molecule has 1 aromatic rings. The number of hydrogen-bond acceptors (Lipinski definition) is 2. The second-order valence-electron chi connectivity index (χ2n) is 4.87. The van der Waals surface area contributed by atoms with E-state index in [9.17, 15) is 9.90 Å². The summed E-state index contributed by atoms with van der Waals surface area (Å²) in [6, 6.07) is 5.62. The predicted octanol–water partition coefficient (Wildman–Crippen LogP) is 2.63. The van der Waals surface area contributed by atoms with Crippen molar-refractivity contribution in [3.05, 3.63) is 32.9 Å². The number of halogens is 1. The van der Waals surface area contributed by atoms with Crippen LogP contribution < -0.4 is 5.32 Å². The molecular weight excluding hydrogens is 341 g/mol. The van der Waals surface area contributed by atoms with Crippen LogP contribution in [0.5, 0.6) is 0 Å². The Morgan fingerprint density at radius 2 is 2.11 bits per heavy atom. The van der Waals surface area contributed by atoms with Crippen molar-refractivity contribution < 1.29 is 9.90 Å². The normalized spacial score (nSPS) is 23.7. The molecule has 1 amide bonds. The molecule has 1 saturated carbocycles. The lowest BCUT2D eigenvalue weighted by Crippen LogP contribution is -2.45. The summed E-state index contributed by atoms with van der Waals surface area (Å²) in [6.45, 7) is 1.99. The van der Waals surface area contributed by atoms with Gasteiger partial charge in [-0.2, -0.15) is 0 Å². The van der Waals surface area contributed by atoms with Crippen LogP contribution in [0.3, 0.4) is 0 Å². The number of aliphatic hydroxyl groups is 1. The average Bonchev–Trinajstić information content (AvgIpc) is 2.35. The van der Waals surface area contributed by atoms with E-state index in [1.165, 1.54) is 0 Å². The molecular formula is C14H18INO2. The smallest absolute Gasteiger partial charge is 0.252 e. The van der Waals surface area contributed by atoms with E-state index < -0.39 is 6.10 Å². The molecule has 1 aliphatic carbocycles. The number of rotatable bonds is 2. The highest BCUT2D eigenvalue weighted by atomic mass is 127. The first-order valence-corrected chi connectivity index (χ1v) is 7.41. The molecule has 0 bridgehead atoms. The molecule has 3 nitrogen and oxygen atoms in total. The molecule has 0 aromatic heterocycles. The molecule has 0 unspecified atom stereocenters. The fourth-order valence-corrected chi connectivity index (χ4v) is 2.95. The summed E-state index contributed by atoms with van der Waals surface area (Å²) in [5, 5.41) is 12.8. The Morgan fingerprint density at radius 1 is 1.39 bits per heavy atom. The molecule has 18 heavy (non-hydrogen) atoms. The average molecular weight is 359 g/mol. The van der Waals surface area contributed by atoms with Gasteiger partial charge in [0.05, 0.1) is 17.7 Å². The molecule has 2 N–H and O–H groups in total. The Balaban J connectivity index is 2.09. The van der Waals surface area contributed by atoms with Crippen molar-refractivity contribution in [2.24, 2.45) is 0 Å². The van der Waals surface area contributed by atoms with Gasteiger partial charge in [-0.05, 0) is 54.0 Å². The number of carbonyl (C=O) groups is 1. The molecule has 4 heteroatoms. The Bertz CT molecular complexity index is 447. The summed E-state index contributed by atoms with van der Waals surface area (Å²) in [6.07, 6.45) is 3.39. The highest BCUT2D eigenvalue weighted by molar-refractivity contribution is 14.1. The summed E-state index contributed by atoms with van der Waals surface area (Å²) in [5.41, 5.74) is 1.81. The van der Waals surface area contributed by atoms with Gasteiger partial charge >= 0.3 is 0 Å². The van der Waals surface area contributed by atoms with E-state index in [1.807, 2.05) is 25.1 Å². The van der Waals surface area contributed by atoms with E-state index in [0.717, 1.165) is 34.8 Å². The first-order valence-electron chi connectivity index (χ1n) is 6.33. The zero-order chi connectivity index (χ0) is 13.1. The van der Waals surface area contributed by atoms with Crippen LogP contribution in [0.15, 0.2) is 18.2 Å². The van der Waals surface area contributed by atoms with Gasteiger partial charge in [0.15, 0.2) is 0 Å². The van der Waals surface area contributed by atoms with Crippen molar-refractivity contribution in [2.45, 2.75) is 44.8 Å². The van der Waals surface area contributed by atoms with Crippen molar-refractivity contribution in [2.75, 3.05) is 0 Å². The zero-order valence-corrected chi connectivity index (χ0v) is 12.6. The van der Waals surface area contributed by atoms with Gasteiger partial charge in [0.25, 0.3) is 5.91 Å². The van der Waals surface area contributed by atoms with Gasteiger partial charge in [0, 0.05) is 3.57 Å². The van der Waals surface area contributed by atoms with Crippen LogP contribution in [0, 0.1) is 10.5 Å². The van der Waals surface area contributed by atoms with Crippen LogP contribution in [0.2, 0.25) is 0 Å². The second-order valence-corrected chi connectivity index (χ2v) is 5.95. The Hall–Kier alpha value is -0.620. The summed E-state index contributed by atoms with van der Waals surface area (Å²) in [7, 11) is 0. The monoisotopic (exact) mass is 359 g/mol. The van der Waals surface area contributed by atoms with Crippen molar-refractivity contribution in [1.29, 1.82) is 0 Å². The van der Waals surface area contributed by atoms with E-state index in [2.05, 4.69) is 27.9 Å². The maximum absolute atomic E-state index is 12.2. The lowest BCUT2D eigenvalue weighted by molar-refractivity contribution is 0.0716. The molecule has 2 atom stereocenters. The maximum Gasteiger partial charge on any atom is 0.252 e.